The molecule has 0 N–H and O–H groups in total. The van der Waals surface area contributed by atoms with Gasteiger partial charge in [-0.3, -0.25) is 19.8 Å². The second-order valence-electron chi connectivity index (χ2n) is 6.52. The van der Waals surface area contributed by atoms with Gasteiger partial charge in [-0.25, -0.2) is 4.39 Å². The molecule has 25 heavy (non-hydrogen) atoms. The lowest BCUT2D eigenvalue weighted by Crippen LogP contribution is -2.45. The Bertz CT molecular complexity index is 854. The van der Waals surface area contributed by atoms with Crippen molar-refractivity contribution in [3.63, 3.8) is 0 Å². The van der Waals surface area contributed by atoms with Crippen LogP contribution in [0.1, 0.15) is 11.1 Å². The summed E-state index contributed by atoms with van der Waals surface area (Å²) in [5.41, 5.74) is 4.21. The summed E-state index contributed by atoms with van der Waals surface area (Å²) in [5.74, 6) is -0.159. The molecule has 0 amide bonds. The van der Waals surface area contributed by atoms with Crippen molar-refractivity contribution in [1.29, 1.82) is 0 Å². The van der Waals surface area contributed by atoms with Crippen molar-refractivity contribution in [3.8, 4) is 0 Å². The first-order chi connectivity index (χ1) is 12.3. The summed E-state index contributed by atoms with van der Waals surface area (Å²) >= 11 is 0. The van der Waals surface area contributed by atoms with E-state index in [1.54, 1.807) is 24.5 Å². The van der Waals surface area contributed by atoms with Gasteiger partial charge in [0.25, 0.3) is 0 Å². The summed E-state index contributed by atoms with van der Waals surface area (Å²) in [4.78, 5) is 13.7. The van der Waals surface area contributed by atoms with Crippen molar-refractivity contribution >= 4 is 11.0 Å². The maximum Gasteiger partial charge on any atom is 0.123 e. The number of rotatable bonds is 4. The monoisotopic (exact) mass is 336 g/mol. The first-order valence-corrected chi connectivity index (χ1v) is 8.66. The van der Waals surface area contributed by atoms with E-state index in [1.165, 1.54) is 11.6 Å². The molecule has 0 radical (unpaired) electrons. The summed E-state index contributed by atoms with van der Waals surface area (Å²) in [6.07, 6.45) is 3.49. The highest BCUT2D eigenvalue weighted by Gasteiger charge is 2.18. The Morgan fingerprint density at radius 1 is 0.840 bits per heavy atom. The Hall–Kier alpha value is -2.37. The molecule has 1 saturated heterocycles. The number of piperazine rings is 1. The maximum absolute atomic E-state index is 13.3. The summed E-state index contributed by atoms with van der Waals surface area (Å²) in [6, 6.07) is 13.1. The molecule has 2 aromatic carbocycles. The van der Waals surface area contributed by atoms with Crippen molar-refractivity contribution < 1.29 is 4.39 Å². The number of para-hydroxylation sites is 1. The highest BCUT2D eigenvalue weighted by Crippen LogP contribution is 2.17. The van der Waals surface area contributed by atoms with E-state index in [1.807, 2.05) is 18.2 Å². The predicted molar refractivity (Wildman–Crippen MR) is 96.5 cm³/mol. The van der Waals surface area contributed by atoms with Crippen molar-refractivity contribution in [3.05, 3.63) is 71.8 Å². The molecule has 0 atom stereocenters. The zero-order valence-corrected chi connectivity index (χ0v) is 14.1. The van der Waals surface area contributed by atoms with Crippen LogP contribution >= 0.6 is 0 Å². The van der Waals surface area contributed by atoms with Gasteiger partial charge in [0.2, 0.25) is 0 Å². The molecule has 128 valence electrons. The fourth-order valence-electron chi connectivity index (χ4n) is 3.42. The van der Waals surface area contributed by atoms with Crippen LogP contribution in [0.25, 0.3) is 11.0 Å². The molecule has 4 rings (SSSR count). The molecule has 1 aliphatic heterocycles. The van der Waals surface area contributed by atoms with Gasteiger partial charge in [0.15, 0.2) is 0 Å². The number of halogens is 1. The van der Waals surface area contributed by atoms with Crippen molar-refractivity contribution in [1.82, 2.24) is 19.8 Å². The van der Waals surface area contributed by atoms with Gasteiger partial charge in [-0.1, -0.05) is 24.3 Å². The Labute approximate surface area is 146 Å². The van der Waals surface area contributed by atoms with Crippen LogP contribution in [0.4, 0.5) is 4.39 Å². The molecule has 0 aliphatic carbocycles. The van der Waals surface area contributed by atoms with E-state index < -0.39 is 0 Å². The topological polar surface area (TPSA) is 32.3 Å². The molecular formula is C20H21FN4. The summed E-state index contributed by atoms with van der Waals surface area (Å²) < 4.78 is 13.3. The van der Waals surface area contributed by atoms with Crippen LogP contribution < -0.4 is 0 Å². The van der Waals surface area contributed by atoms with Crippen LogP contribution in [0.2, 0.25) is 0 Å². The van der Waals surface area contributed by atoms with Gasteiger partial charge in [0.05, 0.1) is 11.0 Å². The third kappa shape index (κ3) is 3.83. The van der Waals surface area contributed by atoms with Crippen LogP contribution in [0, 0.1) is 5.82 Å². The van der Waals surface area contributed by atoms with Crippen LogP contribution in [0.5, 0.6) is 0 Å². The van der Waals surface area contributed by atoms with Crippen LogP contribution in [-0.4, -0.2) is 45.9 Å². The Kier molecular flexibility index (Phi) is 4.68. The van der Waals surface area contributed by atoms with E-state index in [2.05, 4.69) is 25.8 Å². The average molecular weight is 336 g/mol. The number of benzene rings is 2. The second-order valence-corrected chi connectivity index (χ2v) is 6.52. The van der Waals surface area contributed by atoms with E-state index in [4.69, 9.17) is 0 Å². The lowest BCUT2D eigenvalue weighted by molar-refractivity contribution is 0.122. The van der Waals surface area contributed by atoms with Crippen molar-refractivity contribution in [2.45, 2.75) is 13.1 Å². The molecule has 1 fully saturated rings. The van der Waals surface area contributed by atoms with E-state index in [0.717, 1.165) is 55.9 Å². The minimum atomic E-state index is -0.159. The smallest absolute Gasteiger partial charge is 0.123 e. The molecule has 2 heterocycles. The minimum absolute atomic E-state index is 0.159. The zero-order chi connectivity index (χ0) is 17.1. The SMILES string of the molecule is Fc1cccc(CN2CCN(Cc3cccc4nccnc34)CC2)c1. The molecule has 0 saturated carbocycles. The number of fused-ring (bicyclic) bond motifs is 1. The maximum atomic E-state index is 13.3. The lowest BCUT2D eigenvalue weighted by atomic mass is 10.1. The lowest BCUT2D eigenvalue weighted by Gasteiger charge is -2.34. The Morgan fingerprint density at radius 3 is 2.36 bits per heavy atom. The van der Waals surface area contributed by atoms with E-state index in [0.29, 0.717) is 0 Å². The van der Waals surface area contributed by atoms with Crippen molar-refractivity contribution in [2.24, 2.45) is 0 Å². The predicted octanol–water partition coefficient (Wildman–Crippen LogP) is 3.09. The van der Waals surface area contributed by atoms with Gasteiger partial charge < -0.3 is 0 Å². The van der Waals surface area contributed by atoms with Crippen LogP contribution in [-0.2, 0) is 13.1 Å². The number of nitrogens with zero attached hydrogens (tertiary/aromatic N) is 4. The van der Waals surface area contributed by atoms with Gasteiger partial charge in [0.1, 0.15) is 5.82 Å². The largest absolute Gasteiger partial charge is 0.297 e. The molecule has 1 aromatic heterocycles. The standard InChI is InChI=1S/C20H21FN4/c21-18-5-1-3-16(13-18)14-24-9-11-25(12-10-24)15-17-4-2-6-19-20(17)23-8-7-22-19/h1-8,13H,9-12,14-15H2. The molecule has 0 unspecified atom stereocenters. The third-order valence-electron chi connectivity index (χ3n) is 4.74. The highest BCUT2D eigenvalue weighted by atomic mass is 19.1. The molecule has 3 aromatic rings. The van der Waals surface area contributed by atoms with E-state index in [9.17, 15) is 4.39 Å². The quantitative estimate of drug-likeness (QED) is 0.733. The second kappa shape index (κ2) is 7.25. The first-order valence-electron chi connectivity index (χ1n) is 8.66. The molecule has 0 spiro atoms. The highest BCUT2D eigenvalue weighted by molar-refractivity contribution is 5.77. The first kappa shape index (κ1) is 16.1. The van der Waals surface area contributed by atoms with E-state index >= 15 is 0 Å². The average Bonchev–Trinajstić information content (AvgIpc) is 2.64. The van der Waals surface area contributed by atoms with Crippen molar-refractivity contribution in [2.75, 3.05) is 26.2 Å². The van der Waals surface area contributed by atoms with Gasteiger partial charge in [-0.2, -0.15) is 0 Å². The van der Waals surface area contributed by atoms with Gasteiger partial charge in [-0.05, 0) is 29.3 Å². The zero-order valence-electron chi connectivity index (χ0n) is 14.1. The van der Waals surface area contributed by atoms with Gasteiger partial charge >= 0.3 is 0 Å². The molecule has 0 bridgehead atoms. The molecule has 5 heteroatoms. The molecule has 4 nitrogen and oxygen atoms in total. The fourth-order valence-corrected chi connectivity index (χ4v) is 3.42. The minimum Gasteiger partial charge on any atom is -0.297 e. The normalized spacial score (nSPS) is 16.4. The number of aromatic nitrogens is 2. The van der Waals surface area contributed by atoms with Gasteiger partial charge in [0, 0.05) is 51.7 Å². The summed E-state index contributed by atoms with van der Waals surface area (Å²) in [7, 11) is 0. The third-order valence-corrected chi connectivity index (χ3v) is 4.74. The summed E-state index contributed by atoms with van der Waals surface area (Å²) in [5, 5.41) is 0. The molecule has 1 aliphatic rings. The molecular weight excluding hydrogens is 315 g/mol. The van der Waals surface area contributed by atoms with Gasteiger partial charge in [-0.15, -0.1) is 0 Å². The Morgan fingerprint density at radius 2 is 1.56 bits per heavy atom. The summed E-state index contributed by atoms with van der Waals surface area (Å²) in [6.45, 7) is 5.70. The van der Waals surface area contributed by atoms with E-state index in [-0.39, 0.29) is 5.82 Å². The fraction of sp³-hybridized carbons (Fsp3) is 0.300. The number of hydrogen-bond acceptors (Lipinski definition) is 4. The number of hydrogen-bond donors (Lipinski definition) is 0. The van der Waals surface area contributed by atoms with Crippen LogP contribution in [0.15, 0.2) is 54.9 Å². The Balaban J connectivity index is 1.37. The van der Waals surface area contributed by atoms with Crippen LogP contribution in [0.3, 0.4) is 0 Å².